The van der Waals surface area contributed by atoms with E-state index in [4.69, 9.17) is 14.2 Å². The van der Waals surface area contributed by atoms with Gasteiger partial charge < -0.3 is 14.2 Å². The van der Waals surface area contributed by atoms with Crippen molar-refractivity contribution in [2.75, 3.05) is 0 Å². The van der Waals surface area contributed by atoms with E-state index in [-0.39, 0.29) is 11.9 Å². The van der Waals surface area contributed by atoms with Crippen molar-refractivity contribution in [1.29, 1.82) is 0 Å². The number of rotatable bonds is 2. The van der Waals surface area contributed by atoms with E-state index in [0.29, 0.717) is 18.4 Å². The predicted molar refractivity (Wildman–Crippen MR) is 73.7 cm³/mol. The molecule has 0 bridgehead atoms. The Labute approximate surface area is 123 Å². The van der Waals surface area contributed by atoms with Crippen LogP contribution in [0.25, 0.3) is 0 Å². The molecule has 2 fully saturated rings. The fourth-order valence-corrected chi connectivity index (χ4v) is 2.82. The minimum Gasteiger partial charge on any atom is -0.451 e. The molecule has 3 rings (SSSR count). The lowest BCUT2D eigenvalue weighted by atomic mass is 9.91. The summed E-state index contributed by atoms with van der Waals surface area (Å²) in [6, 6.07) is 8.66. The average molecular weight is 290 g/mol. The third-order valence-corrected chi connectivity index (χ3v) is 3.75. The van der Waals surface area contributed by atoms with Crippen molar-refractivity contribution in [2.24, 2.45) is 0 Å². The zero-order valence-corrected chi connectivity index (χ0v) is 12.1. The molecule has 0 amide bonds. The summed E-state index contributed by atoms with van der Waals surface area (Å²) in [6.07, 6.45) is -0.511. The van der Waals surface area contributed by atoms with Crippen LogP contribution >= 0.6 is 0 Å². The molecule has 1 heterocycles. The normalized spacial score (nSPS) is 30.8. The number of hydrogen-bond donors (Lipinski definition) is 0. The van der Waals surface area contributed by atoms with Crippen LogP contribution in [0.4, 0.5) is 0 Å². The molecule has 5 heteroatoms. The van der Waals surface area contributed by atoms with Gasteiger partial charge in [0.2, 0.25) is 5.78 Å². The summed E-state index contributed by atoms with van der Waals surface area (Å²) in [5, 5.41) is 0. The first-order valence-corrected chi connectivity index (χ1v) is 7.12. The first-order valence-electron chi connectivity index (χ1n) is 7.12. The van der Waals surface area contributed by atoms with Crippen LogP contribution in [-0.2, 0) is 19.0 Å². The number of carbonyl (C=O) groups excluding carboxylic acids is 2. The Morgan fingerprint density at radius 3 is 2.62 bits per heavy atom. The van der Waals surface area contributed by atoms with Crippen LogP contribution in [0.15, 0.2) is 30.3 Å². The lowest BCUT2D eigenvalue weighted by molar-refractivity contribution is -0.156. The molecule has 3 atom stereocenters. The number of ketones is 1. The summed E-state index contributed by atoms with van der Waals surface area (Å²) in [7, 11) is 0. The number of ether oxygens (including phenoxy) is 3. The second kappa shape index (κ2) is 5.24. The number of benzene rings is 1. The Morgan fingerprint density at radius 1 is 1.19 bits per heavy atom. The van der Waals surface area contributed by atoms with Gasteiger partial charge in [-0.2, -0.15) is 0 Å². The Morgan fingerprint density at radius 2 is 1.90 bits per heavy atom. The molecule has 1 aliphatic heterocycles. The standard InChI is InChI=1S/C16H18O5/c1-16(2)20-12-9-8-11(13(17)14(12)21-16)19-15(18)10-6-4-3-5-7-10/h3-7,11-12,14H,8-9H2,1-2H3/t11-,12+,14+/m1/s1. The molecule has 21 heavy (non-hydrogen) atoms. The van der Waals surface area contributed by atoms with Crippen molar-refractivity contribution in [3.63, 3.8) is 0 Å². The molecular formula is C16H18O5. The highest BCUT2D eigenvalue weighted by atomic mass is 16.8. The van der Waals surface area contributed by atoms with Gasteiger partial charge in [0.05, 0.1) is 11.7 Å². The third kappa shape index (κ3) is 2.84. The molecule has 5 nitrogen and oxygen atoms in total. The zero-order valence-electron chi connectivity index (χ0n) is 12.1. The van der Waals surface area contributed by atoms with Crippen molar-refractivity contribution in [2.45, 2.75) is 50.8 Å². The van der Waals surface area contributed by atoms with Gasteiger partial charge in [-0.1, -0.05) is 18.2 Å². The molecule has 0 spiro atoms. The molecule has 112 valence electrons. The van der Waals surface area contributed by atoms with Crippen molar-refractivity contribution in [1.82, 2.24) is 0 Å². The lowest BCUT2D eigenvalue weighted by Gasteiger charge is -2.27. The molecule has 1 aromatic rings. The summed E-state index contributed by atoms with van der Waals surface area (Å²) in [4.78, 5) is 24.4. The van der Waals surface area contributed by atoms with Crippen molar-refractivity contribution >= 4 is 11.8 Å². The van der Waals surface area contributed by atoms with Gasteiger partial charge in [0.15, 0.2) is 11.9 Å². The lowest BCUT2D eigenvalue weighted by Crippen LogP contribution is -2.45. The fourth-order valence-electron chi connectivity index (χ4n) is 2.82. The zero-order chi connectivity index (χ0) is 15.0. The summed E-state index contributed by atoms with van der Waals surface area (Å²) < 4.78 is 16.6. The Bertz CT molecular complexity index is 551. The maximum absolute atomic E-state index is 12.4. The van der Waals surface area contributed by atoms with E-state index in [1.807, 2.05) is 6.07 Å². The molecular weight excluding hydrogens is 272 g/mol. The molecule has 1 saturated heterocycles. The van der Waals surface area contributed by atoms with Gasteiger partial charge in [0.1, 0.15) is 6.10 Å². The van der Waals surface area contributed by atoms with Crippen LogP contribution in [0, 0.1) is 0 Å². The van der Waals surface area contributed by atoms with Crippen LogP contribution < -0.4 is 0 Å². The Balaban J connectivity index is 1.68. The maximum atomic E-state index is 12.4. The Hall–Kier alpha value is -1.72. The second-order valence-electron chi connectivity index (χ2n) is 5.83. The van der Waals surface area contributed by atoms with Crippen LogP contribution in [-0.4, -0.2) is 35.9 Å². The summed E-state index contributed by atoms with van der Waals surface area (Å²) >= 11 is 0. The summed E-state index contributed by atoms with van der Waals surface area (Å²) in [5.74, 6) is -1.45. The molecule has 2 aliphatic rings. The van der Waals surface area contributed by atoms with Gasteiger partial charge >= 0.3 is 5.97 Å². The largest absolute Gasteiger partial charge is 0.451 e. The van der Waals surface area contributed by atoms with Crippen LogP contribution in [0.2, 0.25) is 0 Å². The maximum Gasteiger partial charge on any atom is 0.338 e. The highest BCUT2D eigenvalue weighted by molar-refractivity contribution is 5.94. The number of hydrogen-bond acceptors (Lipinski definition) is 5. The van der Waals surface area contributed by atoms with E-state index in [2.05, 4.69) is 0 Å². The second-order valence-corrected chi connectivity index (χ2v) is 5.83. The molecule has 0 unspecified atom stereocenters. The third-order valence-electron chi connectivity index (χ3n) is 3.75. The van der Waals surface area contributed by atoms with Gasteiger partial charge in [0.25, 0.3) is 0 Å². The quantitative estimate of drug-likeness (QED) is 0.781. The van der Waals surface area contributed by atoms with Gasteiger partial charge in [-0.25, -0.2) is 4.79 Å². The highest BCUT2D eigenvalue weighted by Gasteiger charge is 2.50. The number of Topliss-reactive ketones (excluding diaryl/α,β-unsaturated/α-hetero) is 1. The predicted octanol–water partition coefficient (Wildman–Crippen LogP) is 2.09. The topological polar surface area (TPSA) is 61.8 Å². The average Bonchev–Trinajstić information content (AvgIpc) is 2.78. The summed E-state index contributed by atoms with van der Waals surface area (Å²) in [6.45, 7) is 3.56. The van der Waals surface area contributed by atoms with E-state index in [1.54, 1.807) is 38.1 Å². The van der Waals surface area contributed by atoms with E-state index in [1.165, 1.54) is 0 Å². The van der Waals surface area contributed by atoms with Crippen molar-refractivity contribution in [3.05, 3.63) is 35.9 Å². The smallest absolute Gasteiger partial charge is 0.338 e. The van der Waals surface area contributed by atoms with Crippen molar-refractivity contribution in [3.8, 4) is 0 Å². The number of fused-ring (bicyclic) bond motifs is 1. The van der Waals surface area contributed by atoms with E-state index < -0.39 is 24.0 Å². The minimum atomic E-state index is -0.761. The first kappa shape index (κ1) is 14.2. The SMILES string of the molecule is CC1(C)O[C@H]2CC[C@@H](OC(=O)c3ccccc3)C(=O)[C@H]2O1. The van der Waals surface area contributed by atoms with E-state index in [0.717, 1.165) is 0 Å². The number of esters is 1. The van der Waals surface area contributed by atoms with E-state index in [9.17, 15) is 9.59 Å². The number of carbonyl (C=O) groups is 2. The first-order chi connectivity index (χ1) is 9.96. The van der Waals surface area contributed by atoms with Gasteiger partial charge in [-0.05, 0) is 38.8 Å². The highest BCUT2D eigenvalue weighted by Crippen LogP contribution is 2.36. The Kier molecular flexibility index (Phi) is 3.55. The van der Waals surface area contributed by atoms with Crippen molar-refractivity contribution < 1.29 is 23.8 Å². The van der Waals surface area contributed by atoms with Gasteiger partial charge in [-0.3, -0.25) is 4.79 Å². The molecule has 0 radical (unpaired) electrons. The molecule has 0 aromatic heterocycles. The summed E-state index contributed by atoms with van der Waals surface area (Å²) in [5.41, 5.74) is 0.441. The molecule has 1 aromatic carbocycles. The molecule has 1 saturated carbocycles. The van der Waals surface area contributed by atoms with Crippen LogP contribution in [0.5, 0.6) is 0 Å². The molecule has 0 N–H and O–H groups in total. The molecule has 1 aliphatic carbocycles. The van der Waals surface area contributed by atoms with Crippen LogP contribution in [0.3, 0.4) is 0 Å². The fraction of sp³-hybridized carbons (Fsp3) is 0.500. The van der Waals surface area contributed by atoms with E-state index >= 15 is 0 Å². The van der Waals surface area contributed by atoms with Gasteiger partial charge in [-0.15, -0.1) is 0 Å². The minimum absolute atomic E-state index is 0.207. The van der Waals surface area contributed by atoms with Crippen LogP contribution in [0.1, 0.15) is 37.0 Å². The monoisotopic (exact) mass is 290 g/mol. The van der Waals surface area contributed by atoms with Gasteiger partial charge in [0, 0.05) is 0 Å².